The maximum Gasteiger partial charge on any atom is 0.254 e. The van der Waals surface area contributed by atoms with E-state index in [1.807, 2.05) is 35.8 Å². The highest BCUT2D eigenvalue weighted by molar-refractivity contribution is 7.08. The Kier molecular flexibility index (Phi) is 5.25. The Labute approximate surface area is 148 Å². The zero-order valence-electron chi connectivity index (χ0n) is 14.7. The minimum Gasteiger partial charge on any atom is -0.339 e. The first-order valence-corrected chi connectivity index (χ1v) is 9.73. The van der Waals surface area contributed by atoms with Crippen LogP contribution in [-0.2, 0) is 4.79 Å². The average Bonchev–Trinajstić information content (AvgIpc) is 3.12. The molecule has 132 valence electrons. The van der Waals surface area contributed by atoms with Crippen molar-refractivity contribution < 1.29 is 9.59 Å². The lowest BCUT2D eigenvalue weighted by molar-refractivity contribution is -0.131. The summed E-state index contributed by atoms with van der Waals surface area (Å²) in [5, 5.41) is 3.87. The molecule has 1 aromatic rings. The second kappa shape index (κ2) is 7.23. The van der Waals surface area contributed by atoms with Crippen molar-refractivity contribution in [3.63, 3.8) is 0 Å². The van der Waals surface area contributed by atoms with Crippen LogP contribution in [0.15, 0.2) is 16.8 Å². The van der Waals surface area contributed by atoms with E-state index in [-0.39, 0.29) is 17.4 Å². The van der Waals surface area contributed by atoms with Gasteiger partial charge in [-0.05, 0) is 51.2 Å². The predicted octanol–water partition coefficient (Wildman–Crippen LogP) is 2.30. The number of nitrogens with zero attached hydrogens (tertiary/aromatic N) is 3. The van der Waals surface area contributed by atoms with E-state index in [2.05, 4.69) is 9.80 Å². The summed E-state index contributed by atoms with van der Waals surface area (Å²) in [6.45, 7) is 3.24. The van der Waals surface area contributed by atoms with Crippen LogP contribution in [0.2, 0.25) is 0 Å². The highest BCUT2D eigenvalue weighted by Gasteiger charge is 2.45. The minimum absolute atomic E-state index is 0.0310. The standard InChI is InChI=1S/C18H27N3O2S/c1-19(2)11-12-21-16(22)4-7-18(21)6-3-9-20(10-8-18)17(23)15-5-13-24-14-15/h5,13-14H,3-4,6-12H2,1-2H3. The average molecular weight is 350 g/mol. The van der Waals surface area contributed by atoms with Crippen molar-refractivity contribution in [2.75, 3.05) is 40.3 Å². The quantitative estimate of drug-likeness (QED) is 0.838. The van der Waals surface area contributed by atoms with Gasteiger partial charge in [0.2, 0.25) is 5.91 Å². The molecule has 2 aliphatic rings. The molecule has 2 aliphatic heterocycles. The summed E-state index contributed by atoms with van der Waals surface area (Å²) in [7, 11) is 4.09. The zero-order valence-corrected chi connectivity index (χ0v) is 15.5. The van der Waals surface area contributed by atoms with Crippen molar-refractivity contribution in [2.45, 2.75) is 37.6 Å². The molecule has 1 aromatic heterocycles. The van der Waals surface area contributed by atoms with Crippen molar-refractivity contribution in [1.29, 1.82) is 0 Å². The first-order chi connectivity index (χ1) is 11.5. The van der Waals surface area contributed by atoms with Crippen molar-refractivity contribution in [2.24, 2.45) is 0 Å². The van der Waals surface area contributed by atoms with Crippen LogP contribution in [0.1, 0.15) is 42.5 Å². The van der Waals surface area contributed by atoms with Gasteiger partial charge in [0.25, 0.3) is 5.91 Å². The van der Waals surface area contributed by atoms with Gasteiger partial charge in [0, 0.05) is 43.5 Å². The third kappa shape index (κ3) is 3.49. The lowest BCUT2D eigenvalue weighted by Crippen LogP contribution is -2.49. The summed E-state index contributed by atoms with van der Waals surface area (Å²) in [6.07, 6.45) is 4.49. The van der Waals surface area contributed by atoms with Gasteiger partial charge in [0.05, 0.1) is 5.56 Å². The number of carbonyl (C=O) groups is 2. The van der Waals surface area contributed by atoms with Crippen LogP contribution < -0.4 is 0 Å². The third-order valence-electron chi connectivity index (χ3n) is 5.42. The molecule has 0 aliphatic carbocycles. The topological polar surface area (TPSA) is 43.9 Å². The summed E-state index contributed by atoms with van der Waals surface area (Å²) in [6, 6.07) is 1.90. The molecule has 0 bridgehead atoms. The Hall–Kier alpha value is -1.40. The molecule has 2 saturated heterocycles. The Bertz CT molecular complexity index is 587. The number of hydrogen-bond acceptors (Lipinski definition) is 4. The van der Waals surface area contributed by atoms with Gasteiger partial charge in [-0.2, -0.15) is 11.3 Å². The van der Waals surface area contributed by atoms with Crippen LogP contribution in [0.4, 0.5) is 0 Å². The van der Waals surface area contributed by atoms with Gasteiger partial charge in [-0.15, -0.1) is 0 Å². The largest absolute Gasteiger partial charge is 0.339 e. The van der Waals surface area contributed by atoms with Crippen molar-refractivity contribution in [3.05, 3.63) is 22.4 Å². The molecule has 2 amide bonds. The molecule has 6 heteroatoms. The number of carbonyl (C=O) groups excluding carboxylic acids is 2. The Morgan fingerprint density at radius 2 is 2.12 bits per heavy atom. The van der Waals surface area contributed by atoms with Crippen LogP contribution in [0.3, 0.4) is 0 Å². The molecule has 2 fully saturated rings. The maximum absolute atomic E-state index is 12.6. The normalized spacial score (nSPS) is 24.9. The van der Waals surface area contributed by atoms with Crippen LogP contribution in [-0.4, -0.2) is 72.3 Å². The molecular formula is C18H27N3O2S. The van der Waals surface area contributed by atoms with Gasteiger partial charge in [0.15, 0.2) is 0 Å². The van der Waals surface area contributed by atoms with Gasteiger partial charge in [-0.25, -0.2) is 0 Å². The second-order valence-electron chi connectivity index (χ2n) is 7.23. The van der Waals surface area contributed by atoms with Gasteiger partial charge >= 0.3 is 0 Å². The summed E-state index contributed by atoms with van der Waals surface area (Å²) in [4.78, 5) is 31.2. The van der Waals surface area contributed by atoms with Gasteiger partial charge < -0.3 is 14.7 Å². The smallest absolute Gasteiger partial charge is 0.254 e. The molecule has 0 N–H and O–H groups in total. The van der Waals surface area contributed by atoms with Crippen LogP contribution in [0.5, 0.6) is 0 Å². The fourth-order valence-corrected chi connectivity index (χ4v) is 4.64. The summed E-state index contributed by atoms with van der Waals surface area (Å²) >= 11 is 1.56. The van der Waals surface area contributed by atoms with Gasteiger partial charge in [-0.1, -0.05) is 0 Å². The van der Waals surface area contributed by atoms with Crippen molar-refractivity contribution >= 4 is 23.2 Å². The number of likely N-dealkylation sites (N-methyl/N-ethyl adjacent to an activating group) is 1. The Morgan fingerprint density at radius 3 is 2.83 bits per heavy atom. The first kappa shape index (κ1) is 17.4. The monoisotopic (exact) mass is 349 g/mol. The van der Waals surface area contributed by atoms with E-state index in [4.69, 9.17) is 0 Å². The first-order valence-electron chi connectivity index (χ1n) is 8.78. The van der Waals surface area contributed by atoms with E-state index in [9.17, 15) is 9.59 Å². The lowest BCUT2D eigenvalue weighted by Gasteiger charge is -2.38. The van der Waals surface area contributed by atoms with E-state index < -0.39 is 0 Å². The molecule has 0 saturated carbocycles. The number of rotatable bonds is 4. The minimum atomic E-state index is -0.0310. The molecule has 1 unspecified atom stereocenters. The fraction of sp³-hybridized carbons (Fsp3) is 0.667. The van der Waals surface area contributed by atoms with Crippen LogP contribution in [0.25, 0.3) is 0 Å². The van der Waals surface area contributed by atoms with Crippen LogP contribution in [0, 0.1) is 0 Å². The lowest BCUT2D eigenvalue weighted by atomic mass is 9.87. The van der Waals surface area contributed by atoms with E-state index in [1.165, 1.54) is 0 Å². The highest BCUT2D eigenvalue weighted by atomic mass is 32.1. The van der Waals surface area contributed by atoms with E-state index >= 15 is 0 Å². The highest BCUT2D eigenvalue weighted by Crippen LogP contribution is 2.39. The zero-order chi connectivity index (χ0) is 17.2. The van der Waals surface area contributed by atoms with Gasteiger partial charge in [-0.3, -0.25) is 9.59 Å². The van der Waals surface area contributed by atoms with E-state index in [1.54, 1.807) is 11.3 Å². The van der Waals surface area contributed by atoms with Crippen molar-refractivity contribution in [3.8, 4) is 0 Å². The van der Waals surface area contributed by atoms with E-state index in [0.29, 0.717) is 6.42 Å². The predicted molar refractivity (Wildman–Crippen MR) is 96.3 cm³/mol. The number of hydrogen-bond donors (Lipinski definition) is 0. The molecular weight excluding hydrogens is 322 g/mol. The summed E-state index contributed by atoms with van der Waals surface area (Å²) < 4.78 is 0. The Balaban J connectivity index is 1.69. The molecule has 1 spiro atoms. The number of amides is 2. The van der Waals surface area contributed by atoms with Crippen molar-refractivity contribution in [1.82, 2.24) is 14.7 Å². The number of thiophene rings is 1. The Morgan fingerprint density at radius 1 is 1.29 bits per heavy atom. The summed E-state index contributed by atoms with van der Waals surface area (Å²) in [5.41, 5.74) is 0.763. The molecule has 5 nitrogen and oxygen atoms in total. The molecule has 3 rings (SSSR count). The molecule has 0 aromatic carbocycles. The summed E-state index contributed by atoms with van der Waals surface area (Å²) in [5.74, 6) is 0.423. The SMILES string of the molecule is CN(C)CCN1C(=O)CCC12CCCN(C(=O)c1ccsc1)CC2. The molecule has 0 radical (unpaired) electrons. The third-order valence-corrected chi connectivity index (χ3v) is 6.10. The molecule has 24 heavy (non-hydrogen) atoms. The number of likely N-dealkylation sites (tertiary alicyclic amines) is 2. The maximum atomic E-state index is 12.6. The van der Waals surface area contributed by atoms with Gasteiger partial charge in [0.1, 0.15) is 0 Å². The fourth-order valence-electron chi connectivity index (χ4n) is 4.01. The second-order valence-corrected chi connectivity index (χ2v) is 8.01. The van der Waals surface area contributed by atoms with Crippen LogP contribution >= 0.6 is 11.3 Å². The van der Waals surface area contributed by atoms with E-state index in [0.717, 1.165) is 57.4 Å². The molecule has 1 atom stereocenters. The molecule has 3 heterocycles.